The SMILES string of the molecule is CCC(CNC(=O)c1cn(C2CCNCC2)nn1)Oc1cccc(F)c1.Cl. The number of nitrogens with zero attached hydrogens (tertiary/aromatic N) is 3. The summed E-state index contributed by atoms with van der Waals surface area (Å²) >= 11 is 0. The fourth-order valence-corrected chi connectivity index (χ4v) is 2.93. The molecule has 1 aromatic heterocycles. The highest BCUT2D eigenvalue weighted by atomic mass is 35.5. The van der Waals surface area contributed by atoms with Crippen molar-refractivity contribution in [3.8, 4) is 5.75 Å². The zero-order valence-electron chi connectivity index (χ0n) is 15.2. The Kier molecular flexibility index (Phi) is 7.99. The number of nitrogens with one attached hydrogen (secondary N) is 2. The number of benzene rings is 1. The molecular formula is C18H25ClFN5O2. The monoisotopic (exact) mass is 397 g/mol. The molecule has 0 saturated carbocycles. The quantitative estimate of drug-likeness (QED) is 0.749. The summed E-state index contributed by atoms with van der Waals surface area (Å²) in [5.41, 5.74) is 0.296. The first-order valence-electron chi connectivity index (χ1n) is 8.98. The van der Waals surface area contributed by atoms with Crippen molar-refractivity contribution in [3.63, 3.8) is 0 Å². The zero-order chi connectivity index (χ0) is 18.4. The van der Waals surface area contributed by atoms with Gasteiger partial charge in [0.1, 0.15) is 17.7 Å². The van der Waals surface area contributed by atoms with Crippen molar-refractivity contribution >= 4 is 18.3 Å². The van der Waals surface area contributed by atoms with Gasteiger partial charge in [0.05, 0.1) is 18.8 Å². The average Bonchev–Trinajstić information content (AvgIpc) is 3.16. The van der Waals surface area contributed by atoms with E-state index in [1.54, 1.807) is 23.0 Å². The predicted molar refractivity (Wildman–Crippen MR) is 102 cm³/mol. The summed E-state index contributed by atoms with van der Waals surface area (Å²) in [5, 5.41) is 14.2. The molecule has 1 fully saturated rings. The molecule has 1 atom stereocenters. The molecule has 7 nitrogen and oxygen atoms in total. The van der Waals surface area contributed by atoms with Crippen molar-refractivity contribution in [3.05, 3.63) is 42.0 Å². The van der Waals surface area contributed by atoms with Gasteiger partial charge in [-0.1, -0.05) is 18.2 Å². The molecule has 27 heavy (non-hydrogen) atoms. The van der Waals surface area contributed by atoms with Crippen LogP contribution >= 0.6 is 12.4 Å². The van der Waals surface area contributed by atoms with Crippen LogP contribution in [0.3, 0.4) is 0 Å². The van der Waals surface area contributed by atoms with Crippen LogP contribution < -0.4 is 15.4 Å². The van der Waals surface area contributed by atoms with E-state index in [2.05, 4.69) is 20.9 Å². The van der Waals surface area contributed by atoms with Gasteiger partial charge in [-0.15, -0.1) is 17.5 Å². The Morgan fingerprint density at radius 1 is 1.44 bits per heavy atom. The van der Waals surface area contributed by atoms with E-state index in [9.17, 15) is 9.18 Å². The van der Waals surface area contributed by atoms with E-state index in [-0.39, 0.29) is 36.3 Å². The summed E-state index contributed by atoms with van der Waals surface area (Å²) in [6, 6.07) is 6.26. The molecule has 0 aliphatic carbocycles. The van der Waals surface area contributed by atoms with Crippen LogP contribution in [-0.4, -0.2) is 46.6 Å². The maximum absolute atomic E-state index is 13.2. The van der Waals surface area contributed by atoms with Crippen molar-refractivity contribution in [1.29, 1.82) is 0 Å². The van der Waals surface area contributed by atoms with E-state index in [0.717, 1.165) is 25.9 Å². The molecule has 0 radical (unpaired) electrons. The van der Waals surface area contributed by atoms with Crippen molar-refractivity contribution in [1.82, 2.24) is 25.6 Å². The van der Waals surface area contributed by atoms with E-state index in [4.69, 9.17) is 4.74 Å². The van der Waals surface area contributed by atoms with Gasteiger partial charge in [0.2, 0.25) is 0 Å². The van der Waals surface area contributed by atoms with Gasteiger partial charge in [-0.25, -0.2) is 9.07 Å². The molecule has 1 aliphatic heterocycles. The van der Waals surface area contributed by atoms with Gasteiger partial charge in [-0.3, -0.25) is 4.79 Å². The first-order chi connectivity index (χ1) is 12.7. The number of carbonyl (C=O) groups is 1. The van der Waals surface area contributed by atoms with Gasteiger partial charge in [0, 0.05) is 6.07 Å². The van der Waals surface area contributed by atoms with Crippen LogP contribution in [0, 0.1) is 5.82 Å². The van der Waals surface area contributed by atoms with Crippen molar-refractivity contribution in [2.24, 2.45) is 0 Å². The Morgan fingerprint density at radius 3 is 2.93 bits per heavy atom. The molecule has 0 bridgehead atoms. The lowest BCUT2D eigenvalue weighted by molar-refractivity contribution is 0.0920. The lowest BCUT2D eigenvalue weighted by Gasteiger charge is -2.22. The maximum Gasteiger partial charge on any atom is 0.273 e. The van der Waals surface area contributed by atoms with Gasteiger partial charge in [-0.2, -0.15) is 0 Å². The van der Waals surface area contributed by atoms with Gasteiger partial charge in [-0.05, 0) is 44.5 Å². The second-order valence-electron chi connectivity index (χ2n) is 6.38. The van der Waals surface area contributed by atoms with Crippen molar-refractivity contribution in [2.75, 3.05) is 19.6 Å². The third kappa shape index (κ3) is 5.90. The molecule has 2 aromatic rings. The van der Waals surface area contributed by atoms with E-state index in [0.29, 0.717) is 24.4 Å². The molecule has 3 rings (SSSR count). The highest BCUT2D eigenvalue weighted by Gasteiger charge is 2.19. The normalized spacial score (nSPS) is 15.6. The minimum absolute atomic E-state index is 0. The number of ether oxygens (including phenoxy) is 1. The number of carbonyl (C=O) groups excluding carboxylic acids is 1. The minimum Gasteiger partial charge on any atom is -0.489 e. The molecule has 2 heterocycles. The Bertz CT molecular complexity index is 736. The first-order valence-corrected chi connectivity index (χ1v) is 8.98. The molecule has 1 aromatic carbocycles. The summed E-state index contributed by atoms with van der Waals surface area (Å²) in [5.74, 6) is -0.189. The Balaban J connectivity index is 0.00000261. The zero-order valence-corrected chi connectivity index (χ0v) is 16.0. The second kappa shape index (κ2) is 10.2. The highest BCUT2D eigenvalue weighted by Crippen LogP contribution is 2.17. The average molecular weight is 398 g/mol. The van der Waals surface area contributed by atoms with Gasteiger partial charge < -0.3 is 15.4 Å². The van der Waals surface area contributed by atoms with Gasteiger partial charge in [0.25, 0.3) is 5.91 Å². The standard InChI is InChI=1S/C18H24FN5O2.ClH/c1-2-15(26-16-5-3-4-13(19)10-16)11-21-18(25)17-12-24(23-22-17)14-6-8-20-9-7-14;/h3-5,10,12,14-15,20H,2,6-9,11H2,1H3,(H,21,25);1H. The van der Waals surface area contributed by atoms with Crippen LogP contribution in [0.2, 0.25) is 0 Å². The lowest BCUT2D eigenvalue weighted by Crippen LogP contribution is -2.35. The predicted octanol–water partition coefficient (Wildman–Crippen LogP) is 2.35. The van der Waals surface area contributed by atoms with E-state index in [1.165, 1.54) is 12.1 Å². The van der Waals surface area contributed by atoms with Crippen LogP contribution in [0.25, 0.3) is 0 Å². The van der Waals surface area contributed by atoms with E-state index < -0.39 is 0 Å². The maximum atomic E-state index is 13.2. The second-order valence-corrected chi connectivity index (χ2v) is 6.38. The van der Waals surface area contributed by atoms with Crippen molar-refractivity contribution < 1.29 is 13.9 Å². The Morgan fingerprint density at radius 2 is 2.22 bits per heavy atom. The third-order valence-electron chi connectivity index (χ3n) is 4.47. The highest BCUT2D eigenvalue weighted by molar-refractivity contribution is 5.91. The molecule has 9 heteroatoms. The summed E-state index contributed by atoms with van der Waals surface area (Å²) < 4.78 is 20.7. The van der Waals surface area contributed by atoms with Crippen LogP contribution in [0.5, 0.6) is 5.75 Å². The molecule has 1 unspecified atom stereocenters. The first kappa shape index (κ1) is 21.1. The number of hydrogen-bond acceptors (Lipinski definition) is 5. The van der Waals surface area contributed by atoms with Gasteiger partial charge in [0.15, 0.2) is 5.69 Å². The Labute approximate surface area is 164 Å². The topological polar surface area (TPSA) is 81.1 Å². The van der Waals surface area contributed by atoms with Crippen LogP contribution in [0.4, 0.5) is 4.39 Å². The third-order valence-corrected chi connectivity index (χ3v) is 4.47. The van der Waals surface area contributed by atoms with E-state index in [1.807, 2.05) is 6.92 Å². The van der Waals surface area contributed by atoms with Crippen LogP contribution in [-0.2, 0) is 0 Å². The fourth-order valence-electron chi connectivity index (χ4n) is 2.93. The molecule has 1 amide bonds. The number of hydrogen-bond donors (Lipinski definition) is 2. The summed E-state index contributed by atoms with van der Waals surface area (Å²) in [7, 11) is 0. The number of halogens is 2. The van der Waals surface area contributed by atoms with Crippen LogP contribution in [0.1, 0.15) is 42.7 Å². The van der Waals surface area contributed by atoms with Gasteiger partial charge >= 0.3 is 0 Å². The minimum atomic E-state index is -0.351. The molecule has 1 aliphatic rings. The van der Waals surface area contributed by atoms with Crippen LogP contribution in [0.15, 0.2) is 30.5 Å². The molecule has 1 saturated heterocycles. The number of rotatable bonds is 7. The number of aromatic nitrogens is 3. The summed E-state index contributed by atoms with van der Waals surface area (Å²) in [6.07, 6.45) is 4.08. The molecule has 148 valence electrons. The lowest BCUT2D eigenvalue weighted by atomic mass is 10.1. The smallest absolute Gasteiger partial charge is 0.273 e. The number of piperidine rings is 1. The summed E-state index contributed by atoms with van der Waals surface area (Å²) in [4.78, 5) is 12.3. The fraction of sp³-hybridized carbons (Fsp3) is 0.500. The molecule has 2 N–H and O–H groups in total. The van der Waals surface area contributed by atoms with Crippen molar-refractivity contribution in [2.45, 2.75) is 38.3 Å². The van der Waals surface area contributed by atoms with E-state index >= 15 is 0 Å². The summed E-state index contributed by atoms with van der Waals surface area (Å²) in [6.45, 7) is 4.15. The number of amides is 1. The molecular weight excluding hydrogens is 373 g/mol. The Hall–Kier alpha value is -2.19. The largest absolute Gasteiger partial charge is 0.489 e. The molecule has 0 spiro atoms.